The van der Waals surface area contributed by atoms with E-state index in [9.17, 15) is 0 Å². The number of fused-ring (bicyclic) bond motifs is 4. The maximum absolute atomic E-state index is 4.05. The van der Waals surface area contributed by atoms with Crippen molar-refractivity contribution in [2.24, 2.45) is 0 Å². The van der Waals surface area contributed by atoms with Gasteiger partial charge in [0.05, 0.1) is 0 Å². The summed E-state index contributed by atoms with van der Waals surface area (Å²) in [5, 5.41) is 31.3. The molecule has 0 bridgehead atoms. The molecule has 0 saturated heterocycles. The summed E-state index contributed by atoms with van der Waals surface area (Å²) in [5.41, 5.74) is 8.84. The van der Waals surface area contributed by atoms with E-state index in [1.807, 2.05) is 54.3 Å². The van der Waals surface area contributed by atoms with Crippen molar-refractivity contribution in [1.29, 1.82) is 0 Å². The first kappa shape index (κ1) is 33.8. The molecule has 0 spiro atoms. The molecule has 8 rings (SSSR count). The second kappa shape index (κ2) is 15.4. The Hall–Kier alpha value is -5.52. The fourth-order valence-electron chi connectivity index (χ4n) is 5.02. The fraction of sp³-hybridized carbons (Fsp3) is 0.333. The van der Waals surface area contributed by atoms with Crippen LogP contribution in [0.4, 0.5) is 0 Å². The number of rotatable bonds is 4. The van der Waals surface area contributed by atoms with E-state index in [4.69, 9.17) is 0 Å². The van der Waals surface area contributed by atoms with Crippen LogP contribution in [0.15, 0.2) is 98.6 Å². The summed E-state index contributed by atoms with van der Waals surface area (Å²) >= 11 is 0. The van der Waals surface area contributed by atoms with E-state index in [0.29, 0.717) is 23.7 Å². The highest BCUT2D eigenvalue weighted by molar-refractivity contribution is 5.48. The van der Waals surface area contributed by atoms with Crippen LogP contribution in [0.3, 0.4) is 0 Å². The van der Waals surface area contributed by atoms with Crippen molar-refractivity contribution in [2.45, 2.75) is 79.1 Å². The molecule has 0 aromatic carbocycles. The quantitative estimate of drug-likeness (QED) is 0.194. The summed E-state index contributed by atoms with van der Waals surface area (Å²) in [5.74, 6) is 2.10. The average Bonchev–Trinajstić information content (AvgIpc) is 3.90. The zero-order chi connectivity index (χ0) is 34.2. The van der Waals surface area contributed by atoms with E-state index >= 15 is 0 Å². The molecular formula is C36H44N12. The van der Waals surface area contributed by atoms with Crippen molar-refractivity contribution in [2.75, 3.05) is 0 Å². The number of nitrogens with zero attached hydrogens (tertiary/aromatic N) is 12. The van der Waals surface area contributed by atoms with Crippen LogP contribution in [0.2, 0.25) is 0 Å². The Balaban J connectivity index is 0.000000125. The highest BCUT2D eigenvalue weighted by Gasteiger charge is 2.07. The number of aromatic nitrogens is 12. The predicted octanol–water partition coefficient (Wildman–Crippen LogP) is 7.41. The normalized spacial score (nSPS) is 11.2. The van der Waals surface area contributed by atoms with Crippen LogP contribution in [0.25, 0.3) is 22.6 Å². The third-order valence-electron chi connectivity index (χ3n) is 7.91. The standard InChI is InChI=1S/4C9H11N3/c2*1-7(2)8-3-4-9-11-10-6-12(9)5-8;2*1-7(2)8-4-3-5-12-6-10-11-9(8)12/h4*3-7H,1-2H3. The Bertz CT molecular complexity index is 2020. The van der Waals surface area contributed by atoms with Gasteiger partial charge in [-0.1, -0.05) is 79.7 Å². The van der Waals surface area contributed by atoms with Crippen molar-refractivity contribution in [3.63, 3.8) is 0 Å². The zero-order valence-electron chi connectivity index (χ0n) is 28.9. The van der Waals surface area contributed by atoms with E-state index < -0.39 is 0 Å². The minimum absolute atomic E-state index is 0.498. The lowest BCUT2D eigenvalue weighted by atomic mass is 10.1. The molecule has 0 radical (unpaired) electrons. The lowest BCUT2D eigenvalue weighted by molar-refractivity contribution is 0.853. The van der Waals surface area contributed by atoms with Crippen molar-refractivity contribution in [1.82, 2.24) is 58.4 Å². The van der Waals surface area contributed by atoms with Crippen LogP contribution in [0.5, 0.6) is 0 Å². The van der Waals surface area contributed by atoms with Gasteiger partial charge >= 0.3 is 0 Å². The van der Waals surface area contributed by atoms with Crippen molar-refractivity contribution < 1.29 is 0 Å². The van der Waals surface area contributed by atoms with Gasteiger partial charge in [-0.2, -0.15) is 0 Å². The second-order valence-electron chi connectivity index (χ2n) is 12.8. The molecule has 0 unspecified atom stereocenters. The van der Waals surface area contributed by atoms with Gasteiger partial charge in [-0.15, -0.1) is 40.8 Å². The Morgan fingerprint density at radius 1 is 0.417 bits per heavy atom. The smallest absolute Gasteiger partial charge is 0.164 e. The molecule has 248 valence electrons. The lowest BCUT2D eigenvalue weighted by Gasteiger charge is -2.04. The van der Waals surface area contributed by atoms with E-state index in [1.54, 1.807) is 25.3 Å². The fourth-order valence-corrected chi connectivity index (χ4v) is 5.02. The summed E-state index contributed by atoms with van der Waals surface area (Å²) in [6.07, 6.45) is 15.0. The summed E-state index contributed by atoms with van der Waals surface area (Å²) in [4.78, 5) is 0. The molecule has 0 N–H and O–H groups in total. The maximum Gasteiger partial charge on any atom is 0.164 e. The Morgan fingerprint density at radius 2 is 0.792 bits per heavy atom. The molecule has 12 nitrogen and oxygen atoms in total. The van der Waals surface area contributed by atoms with E-state index in [2.05, 4.69) is 133 Å². The maximum atomic E-state index is 4.05. The predicted molar refractivity (Wildman–Crippen MR) is 188 cm³/mol. The van der Waals surface area contributed by atoms with Gasteiger partial charge in [-0.3, -0.25) is 17.6 Å². The third-order valence-corrected chi connectivity index (χ3v) is 7.91. The van der Waals surface area contributed by atoms with Gasteiger partial charge in [0.25, 0.3) is 0 Å². The van der Waals surface area contributed by atoms with Crippen LogP contribution in [0, 0.1) is 0 Å². The number of hydrogen-bond acceptors (Lipinski definition) is 8. The third kappa shape index (κ3) is 8.06. The van der Waals surface area contributed by atoms with Gasteiger partial charge in [-0.05, 0) is 70.2 Å². The largest absolute Gasteiger partial charge is 0.289 e. The van der Waals surface area contributed by atoms with E-state index in [1.165, 1.54) is 22.3 Å². The van der Waals surface area contributed by atoms with Gasteiger partial charge in [0, 0.05) is 24.8 Å². The Morgan fingerprint density at radius 3 is 1.17 bits per heavy atom. The Labute approximate surface area is 280 Å². The van der Waals surface area contributed by atoms with Crippen LogP contribution in [-0.4, -0.2) is 58.4 Å². The molecule has 8 aromatic heterocycles. The molecule has 0 amide bonds. The van der Waals surface area contributed by atoms with Crippen molar-refractivity contribution in [3.05, 3.63) is 121 Å². The van der Waals surface area contributed by atoms with Crippen molar-refractivity contribution >= 4 is 22.6 Å². The molecule has 8 heterocycles. The molecule has 48 heavy (non-hydrogen) atoms. The van der Waals surface area contributed by atoms with E-state index in [-0.39, 0.29) is 0 Å². The molecule has 12 heteroatoms. The van der Waals surface area contributed by atoms with Crippen LogP contribution in [0.1, 0.15) is 101 Å². The molecule has 0 fully saturated rings. The number of hydrogen-bond donors (Lipinski definition) is 0. The molecule has 0 aliphatic rings. The minimum atomic E-state index is 0.498. The summed E-state index contributed by atoms with van der Waals surface area (Å²) in [7, 11) is 0. The van der Waals surface area contributed by atoms with Crippen LogP contribution in [-0.2, 0) is 0 Å². The average molecular weight is 645 g/mol. The first-order valence-corrected chi connectivity index (χ1v) is 16.3. The summed E-state index contributed by atoms with van der Waals surface area (Å²) < 4.78 is 7.76. The molecule has 0 atom stereocenters. The van der Waals surface area contributed by atoms with Crippen LogP contribution < -0.4 is 0 Å². The molecule has 0 aliphatic carbocycles. The lowest BCUT2D eigenvalue weighted by Crippen LogP contribution is -1.93. The van der Waals surface area contributed by atoms with Gasteiger partial charge in [0.2, 0.25) is 0 Å². The topological polar surface area (TPSA) is 121 Å². The van der Waals surface area contributed by atoms with Gasteiger partial charge in [-0.25, -0.2) is 0 Å². The van der Waals surface area contributed by atoms with Crippen LogP contribution >= 0.6 is 0 Å². The molecule has 8 aromatic rings. The molecule has 0 saturated carbocycles. The van der Waals surface area contributed by atoms with Gasteiger partial charge < -0.3 is 0 Å². The molecular weight excluding hydrogens is 600 g/mol. The highest BCUT2D eigenvalue weighted by atomic mass is 15.2. The highest BCUT2D eigenvalue weighted by Crippen LogP contribution is 2.19. The second-order valence-corrected chi connectivity index (χ2v) is 12.8. The molecule has 0 aliphatic heterocycles. The zero-order valence-corrected chi connectivity index (χ0v) is 28.9. The Kier molecular flexibility index (Phi) is 10.8. The summed E-state index contributed by atoms with van der Waals surface area (Å²) in [6.45, 7) is 17.3. The van der Waals surface area contributed by atoms with Gasteiger partial charge in [0.1, 0.15) is 25.3 Å². The first-order chi connectivity index (χ1) is 23.1. The van der Waals surface area contributed by atoms with Gasteiger partial charge in [0.15, 0.2) is 22.6 Å². The van der Waals surface area contributed by atoms with E-state index in [0.717, 1.165) is 22.6 Å². The minimum Gasteiger partial charge on any atom is -0.289 e. The first-order valence-electron chi connectivity index (χ1n) is 16.3. The monoisotopic (exact) mass is 644 g/mol. The van der Waals surface area contributed by atoms with Crippen molar-refractivity contribution in [3.8, 4) is 0 Å². The SMILES string of the molecule is CC(C)c1ccc2nncn2c1.CC(C)c1ccc2nncn2c1.CC(C)c1cccn2cnnc12.CC(C)c1cccn2cnnc12. The summed E-state index contributed by atoms with van der Waals surface area (Å²) in [6, 6.07) is 16.4. The number of pyridine rings is 4.